The molecule has 5 heteroatoms. The lowest BCUT2D eigenvalue weighted by Gasteiger charge is -2.32. The summed E-state index contributed by atoms with van der Waals surface area (Å²) < 4.78 is 0. The highest BCUT2D eigenvalue weighted by molar-refractivity contribution is 6.35. The van der Waals surface area contributed by atoms with Crippen LogP contribution in [0.3, 0.4) is 0 Å². The molecule has 5 nitrogen and oxygen atoms in total. The van der Waals surface area contributed by atoms with Gasteiger partial charge in [0.1, 0.15) is 6.29 Å². The first-order chi connectivity index (χ1) is 6.74. The number of carbonyl (C=O) groups is 3. The van der Waals surface area contributed by atoms with Crippen LogP contribution in [0.2, 0.25) is 0 Å². The Hall–Kier alpha value is -1.39. The van der Waals surface area contributed by atoms with Crippen molar-refractivity contribution in [1.82, 2.24) is 9.80 Å². The van der Waals surface area contributed by atoms with Crippen LogP contribution in [-0.2, 0) is 14.4 Å². The van der Waals surface area contributed by atoms with Crippen molar-refractivity contribution in [2.24, 2.45) is 0 Å². The lowest BCUT2D eigenvalue weighted by molar-refractivity contribution is -0.156. The van der Waals surface area contributed by atoms with Gasteiger partial charge in [0.2, 0.25) is 0 Å². The Kier molecular flexibility index (Phi) is 2.23. The highest BCUT2D eigenvalue weighted by Gasteiger charge is 2.40. The maximum atomic E-state index is 11.5. The van der Waals surface area contributed by atoms with E-state index in [4.69, 9.17) is 0 Å². The van der Waals surface area contributed by atoms with E-state index >= 15 is 0 Å². The maximum absolute atomic E-state index is 11.5. The number of hydrogen-bond acceptors (Lipinski definition) is 3. The molecular weight excluding hydrogens is 184 g/mol. The van der Waals surface area contributed by atoms with E-state index < -0.39 is 11.8 Å². The van der Waals surface area contributed by atoms with Gasteiger partial charge < -0.3 is 14.6 Å². The number of nitrogens with zero attached hydrogens (tertiary/aromatic N) is 2. The lowest BCUT2D eigenvalue weighted by atomic mass is 10.3. The van der Waals surface area contributed by atoms with Crippen LogP contribution in [0.1, 0.15) is 12.8 Å². The van der Waals surface area contributed by atoms with Crippen LogP contribution in [0.15, 0.2) is 0 Å². The van der Waals surface area contributed by atoms with Crippen LogP contribution in [0.5, 0.6) is 0 Å². The number of aldehydes is 1. The van der Waals surface area contributed by atoms with Crippen LogP contribution in [0.4, 0.5) is 0 Å². The summed E-state index contributed by atoms with van der Waals surface area (Å²) in [7, 11) is 0. The van der Waals surface area contributed by atoms with Crippen LogP contribution >= 0.6 is 0 Å². The second kappa shape index (κ2) is 3.40. The fraction of sp³-hybridized carbons (Fsp3) is 0.667. The van der Waals surface area contributed by atoms with Gasteiger partial charge in [-0.25, -0.2) is 0 Å². The molecule has 76 valence electrons. The third-order valence-electron chi connectivity index (χ3n) is 2.62. The quantitative estimate of drug-likeness (QED) is 0.430. The second-order valence-electron chi connectivity index (χ2n) is 3.65. The van der Waals surface area contributed by atoms with Gasteiger partial charge in [-0.05, 0) is 12.8 Å². The molecule has 0 N–H and O–H groups in total. The minimum absolute atomic E-state index is 0.0308. The highest BCUT2D eigenvalue weighted by atomic mass is 16.2. The molecule has 0 aromatic heterocycles. The van der Waals surface area contributed by atoms with Crippen molar-refractivity contribution < 1.29 is 14.4 Å². The molecule has 1 saturated heterocycles. The molecule has 14 heavy (non-hydrogen) atoms. The van der Waals surface area contributed by atoms with Crippen molar-refractivity contribution in [3.8, 4) is 0 Å². The Morgan fingerprint density at radius 2 is 1.93 bits per heavy atom. The average molecular weight is 196 g/mol. The number of amides is 2. The van der Waals surface area contributed by atoms with E-state index in [2.05, 4.69) is 0 Å². The van der Waals surface area contributed by atoms with Gasteiger partial charge in [-0.15, -0.1) is 0 Å². The van der Waals surface area contributed by atoms with Crippen LogP contribution < -0.4 is 0 Å². The third-order valence-corrected chi connectivity index (χ3v) is 2.62. The fourth-order valence-electron chi connectivity index (χ4n) is 1.69. The predicted molar refractivity (Wildman–Crippen MR) is 47.4 cm³/mol. The van der Waals surface area contributed by atoms with E-state index in [0.717, 1.165) is 12.8 Å². The summed E-state index contributed by atoms with van der Waals surface area (Å²) in [5.74, 6) is -0.976. The Morgan fingerprint density at radius 1 is 1.21 bits per heavy atom. The zero-order valence-corrected chi connectivity index (χ0v) is 7.81. The molecule has 0 bridgehead atoms. The summed E-state index contributed by atoms with van der Waals surface area (Å²) in [4.78, 5) is 36.1. The molecule has 0 atom stereocenters. The van der Waals surface area contributed by atoms with E-state index in [-0.39, 0.29) is 12.6 Å². The third kappa shape index (κ3) is 1.49. The monoisotopic (exact) mass is 196 g/mol. The summed E-state index contributed by atoms with van der Waals surface area (Å²) >= 11 is 0. The summed E-state index contributed by atoms with van der Waals surface area (Å²) in [5, 5.41) is 0. The van der Waals surface area contributed by atoms with E-state index in [0.29, 0.717) is 19.4 Å². The zero-order chi connectivity index (χ0) is 10.1. The molecule has 0 spiro atoms. The first kappa shape index (κ1) is 9.18. The lowest BCUT2D eigenvalue weighted by Crippen LogP contribution is -2.55. The summed E-state index contributed by atoms with van der Waals surface area (Å²) in [6, 6.07) is 0.282. The SMILES string of the molecule is O=CCN1CCN(C2CC2)C(=O)C1=O. The molecule has 1 aliphatic heterocycles. The van der Waals surface area contributed by atoms with Gasteiger partial charge in [-0.3, -0.25) is 9.59 Å². The Balaban J connectivity index is 2.02. The van der Waals surface area contributed by atoms with Crippen molar-refractivity contribution in [3.63, 3.8) is 0 Å². The molecule has 2 amide bonds. The normalized spacial score (nSPS) is 22.9. The van der Waals surface area contributed by atoms with Crippen molar-refractivity contribution in [3.05, 3.63) is 0 Å². The molecule has 1 heterocycles. The molecule has 2 aliphatic rings. The smallest absolute Gasteiger partial charge is 0.312 e. The van der Waals surface area contributed by atoms with E-state index in [9.17, 15) is 14.4 Å². The first-order valence-electron chi connectivity index (χ1n) is 4.77. The Bertz CT molecular complexity index is 286. The largest absolute Gasteiger partial charge is 0.330 e. The number of rotatable bonds is 3. The maximum Gasteiger partial charge on any atom is 0.312 e. The van der Waals surface area contributed by atoms with Gasteiger partial charge >= 0.3 is 11.8 Å². The summed E-state index contributed by atoms with van der Waals surface area (Å²) in [5.41, 5.74) is 0. The van der Waals surface area contributed by atoms with Crippen LogP contribution in [0.25, 0.3) is 0 Å². The van der Waals surface area contributed by atoms with Gasteiger partial charge in [0.05, 0.1) is 6.54 Å². The zero-order valence-electron chi connectivity index (χ0n) is 7.81. The van der Waals surface area contributed by atoms with Crippen molar-refractivity contribution >= 4 is 18.1 Å². The second-order valence-corrected chi connectivity index (χ2v) is 3.65. The van der Waals surface area contributed by atoms with Gasteiger partial charge in [0.15, 0.2) is 0 Å². The number of carbonyl (C=O) groups excluding carboxylic acids is 3. The number of piperazine rings is 1. The molecule has 1 aliphatic carbocycles. The van der Waals surface area contributed by atoms with E-state index in [1.165, 1.54) is 4.90 Å². The molecule has 2 fully saturated rings. The first-order valence-corrected chi connectivity index (χ1v) is 4.77. The minimum Gasteiger partial charge on any atom is -0.330 e. The topological polar surface area (TPSA) is 57.7 Å². The molecule has 0 aromatic carbocycles. The molecular formula is C9H12N2O3. The molecule has 2 rings (SSSR count). The van der Waals surface area contributed by atoms with Crippen molar-refractivity contribution in [2.75, 3.05) is 19.6 Å². The summed E-state index contributed by atoms with van der Waals surface area (Å²) in [6.07, 6.45) is 2.66. The van der Waals surface area contributed by atoms with Crippen LogP contribution in [0, 0.1) is 0 Å². The highest BCUT2D eigenvalue weighted by Crippen LogP contribution is 2.28. The number of hydrogen-bond donors (Lipinski definition) is 0. The van der Waals surface area contributed by atoms with Gasteiger partial charge in [0, 0.05) is 19.1 Å². The average Bonchev–Trinajstić information content (AvgIpc) is 2.97. The summed E-state index contributed by atoms with van der Waals surface area (Å²) in [6.45, 7) is 1.09. The standard InChI is InChI=1S/C9H12N2O3/c12-6-5-10-3-4-11(7-1-2-7)9(14)8(10)13/h6-7H,1-5H2. The Morgan fingerprint density at radius 3 is 2.50 bits per heavy atom. The molecule has 0 unspecified atom stereocenters. The van der Waals surface area contributed by atoms with Crippen molar-refractivity contribution in [1.29, 1.82) is 0 Å². The van der Waals surface area contributed by atoms with E-state index in [1.54, 1.807) is 4.90 Å². The minimum atomic E-state index is -0.532. The van der Waals surface area contributed by atoms with Gasteiger partial charge in [0.25, 0.3) is 0 Å². The predicted octanol–water partition coefficient (Wildman–Crippen LogP) is -0.981. The Labute approximate surface area is 81.7 Å². The van der Waals surface area contributed by atoms with E-state index in [1.807, 2.05) is 0 Å². The van der Waals surface area contributed by atoms with Crippen LogP contribution in [-0.4, -0.2) is 53.6 Å². The fourth-order valence-corrected chi connectivity index (χ4v) is 1.69. The molecule has 0 radical (unpaired) electrons. The molecule has 0 aromatic rings. The molecule has 1 saturated carbocycles. The van der Waals surface area contributed by atoms with Gasteiger partial charge in [-0.1, -0.05) is 0 Å². The van der Waals surface area contributed by atoms with Crippen molar-refractivity contribution in [2.45, 2.75) is 18.9 Å². The van der Waals surface area contributed by atoms with Gasteiger partial charge in [-0.2, -0.15) is 0 Å².